The Balaban J connectivity index is 2.68. The first kappa shape index (κ1) is 4.65. The monoisotopic (exact) mass is 109 g/mol. The van der Waals surface area contributed by atoms with Gasteiger partial charge in [0.25, 0.3) is 0 Å². The van der Waals surface area contributed by atoms with Gasteiger partial charge in [0.2, 0.25) is 0 Å². The van der Waals surface area contributed by atoms with Gasteiger partial charge in [-0.2, -0.15) is 5.26 Å². The molecule has 0 bridgehead atoms. The fraction of sp³-hybridized carbons (Fsp3) is 0. The summed E-state index contributed by atoms with van der Waals surface area (Å²) in [6, 6.07) is 1.82. The van der Waals surface area contributed by atoms with Crippen molar-refractivity contribution in [1.29, 1.82) is 5.26 Å². The maximum atomic E-state index is 8.16. The summed E-state index contributed by atoms with van der Waals surface area (Å²) in [5, 5.41) is 11.6. The maximum absolute atomic E-state index is 8.16. The highest BCUT2D eigenvalue weighted by Gasteiger charge is 1.92. The minimum Gasteiger partial charge on any atom is -0.373 e. The summed E-state index contributed by atoms with van der Waals surface area (Å²) in [5.41, 5.74) is 2.48. The highest BCUT2D eigenvalue weighted by Crippen LogP contribution is 1.85. The minimum atomic E-state index is 0.316. The van der Waals surface area contributed by atoms with Crippen LogP contribution in [-0.4, -0.2) is 5.71 Å². The predicted molar refractivity (Wildman–Crippen MR) is 26.4 cm³/mol. The second-order valence-corrected chi connectivity index (χ2v) is 1.12. The number of hydrazone groups is 1. The summed E-state index contributed by atoms with van der Waals surface area (Å²) in [6.45, 7) is 0. The summed E-state index contributed by atoms with van der Waals surface area (Å²) < 4.78 is 0. The zero-order valence-corrected chi connectivity index (χ0v) is 3.96. The molecule has 1 rings (SSSR count). The molecule has 0 aromatic carbocycles. The molecule has 0 radical (unpaired) electrons. The molecule has 0 unspecified atom stereocenters. The summed E-state index contributed by atoms with van der Waals surface area (Å²) in [6.07, 6.45) is 2.82. The van der Waals surface area contributed by atoms with E-state index in [-0.39, 0.29) is 0 Å². The Morgan fingerprint density at radius 1 is 1.88 bits per heavy atom. The van der Waals surface area contributed by atoms with Crippen molar-refractivity contribution in [3.8, 4) is 6.07 Å². The Kier molecular flexibility index (Phi) is 1.15. The quantitative estimate of drug-likeness (QED) is 0.473. The van der Waals surface area contributed by atoms with E-state index in [1.165, 1.54) is 12.3 Å². The SMILES string of the molecule is N#CC1=NNOC=C1. The standard InChI is InChI=1S/C4H3N3O/c5-3-4-1-2-8-7-6-4/h1-2,7H. The van der Waals surface area contributed by atoms with Crippen molar-refractivity contribution in [3.05, 3.63) is 12.3 Å². The van der Waals surface area contributed by atoms with Crippen LogP contribution in [0.25, 0.3) is 0 Å². The number of nitrogens with zero attached hydrogens (tertiary/aromatic N) is 2. The largest absolute Gasteiger partial charge is 0.373 e. The van der Waals surface area contributed by atoms with Crippen molar-refractivity contribution >= 4 is 5.71 Å². The second-order valence-electron chi connectivity index (χ2n) is 1.12. The van der Waals surface area contributed by atoms with Crippen LogP contribution in [-0.2, 0) is 4.84 Å². The van der Waals surface area contributed by atoms with E-state index in [0.29, 0.717) is 5.71 Å². The molecule has 40 valence electrons. The number of hydrogen-bond donors (Lipinski definition) is 1. The van der Waals surface area contributed by atoms with Crippen molar-refractivity contribution in [2.45, 2.75) is 0 Å². The van der Waals surface area contributed by atoms with E-state index in [0.717, 1.165) is 0 Å². The molecule has 0 fully saturated rings. The van der Waals surface area contributed by atoms with Gasteiger partial charge in [-0.25, -0.2) is 0 Å². The zero-order valence-electron chi connectivity index (χ0n) is 3.96. The summed E-state index contributed by atoms with van der Waals surface area (Å²) >= 11 is 0. The molecule has 0 saturated carbocycles. The van der Waals surface area contributed by atoms with Crippen molar-refractivity contribution < 1.29 is 4.84 Å². The van der Waals surface area contributed by atoms with Gasteiger partial charge in [0.15, 0.2) is 5.71 Å². The summed E-state index contributed by atoms with van der Waals surface area (Å²) in [5.74, 6) is 0. The molecule has 1 aliphatic heterocycles. The number of hydrogen-bond acceptors (Lipinski definition) is 4. The Bertz CT molecular complexity index is 176. The second kappa shape index (κ2) is 1.98. The first-order chi connectivity index (χ1) is 3.93. The zero-order chi connectivity index (χ0) is 5.82. The predicted octanol–water partition coefficient (Wildman–Crippen LogP) is -0.0855. The van der Waals surface area contributed by atoms with Crippen LogP contribution in [0.2, 0.25) is 0 Å². The van der Waals surface area contributed by atoms with Gasteiger partial charge in [-0.1, -0.05) is 0 Å². The molecule has 1 aliphatic rings. The summed E-state index contributed by atoms with van der Waals surface area (Å²) in [7, 11) is 0. The molecular formula is C4H3N3O. The lowest BCUT2D eigenvalue weighted by Gasteiger charge is -1.99. The van der Waals surface area contributed by atoms with Crippen LogP contribution in [0.4, 0.5) is 0 Å². The maximum Gasteiger partial charge on any atom is 0.166 e. The van der Waals surface area contributed by atoms with E-state index in [1.54, 1.807) is 0 Å². The Labute approximate surface area is 46.0 Å². The molecule has 1 N–H and O–H groups in total. The smallest absolute Gasteiger partial charge is 0.166 e. The van der Waals surface area contributed by atoms with Crippen LogP contribution in [0.5, 0.6) is 0 Å². The van der Waals surface area contributed by atoms with Gasteiger partial charge in [-0.05, 0) is 0 Å². The fourth-order valence-corrected chi connectivity index (χ4v) is 0.304. The molecule has 0 aliphatic carbocycles. The Hall–Kier alpha value is -1.50. The molecule has 4 nitrogen and oxygen atoms in total. The van der Waals surface area contributed by atoms with Crippen molar-refractivity contribution in [3.63, 3.8) is 0 Å². The van der Waals surface area contributed by atoms with E-state index in [2.05, 4.69) is 15.5 Å². The van der Waals surface area contributed by atoms with Crippen molar-refractivity contribution in [2.24, 2.45) is 5.10 Å². The highest BCUT2D eigenvalue weighted by molar-refractivity contribution is 6.06. The molecule has 0 amide bonds. The van der Waals surface area contributed by atoms with E-state index in [1.807, 2.05) is 6.07 Å². The highest BCUT2D eigenvalue weighted by atomic mass is 16.7. The molecule has 0 aromatic heterocycles. The Morgan fingerprint density at radius 3 is 3.12 bits per heavy atom. The van der Waals surface area contributed by atoms with Gasteiger partial charge in [-0.3, -0.25) is 0 Å². The molecule has 4 heteroatoms. The lowest BCUT2D eigenvalue weighted by molar-refractivity contribution is 0.135. The van der Waals surface area contributed by atoms with E-state index in [9.17, 15) is 0 Å². The van der Waals surface area contributed by atoms with E-state index >= 15 is 0 Å². The van der Waals surface area contributed by atoms with Gasteiger partial charge in [0, 0.05) is 6.08 Å². The van der Waals surface area contributed by atoms with Crippen molar-refractivity contribution in [2.75, 3.05) is 0 Å². The number of nitrogens with one attached hydrogen (secondary N) is 1. The molecule has 0 spiro atoms. The Morgan fingerprint density at radius 2 is 2.75 bits per heavy atom. The number of rotatable bonds is 0. The lowest BCUT2D eigenvalue weighted by Crippen LogP contribution is -2.09. The van der Waals surface area contributed by atoms with Gasteiger partial charge < -0.3 is 4.84 Å². The van der Waals surface area contributed by atoms with Crippen LogP contribution in [0.15, 0.2) is 17.4 Å². The van der Waals surface area contributed by atoms with Gasteiger partial charge in [0.05, 0.1) is 0 Å². The van der Waals surface area contributed by atoms with E-state index < -0.39 is 0 Å². The van der Waals surface area contributed by atoms with Crippen LogP contribution in [0.3, 0.4) is 0 Å². The molecule has 1 heterocycles. The summed E-state index contributed by atoms with van der Waals surface area (Å²) in [4.78, 5) is 4.43. The minimum absolute atomic E-state index is 0.316. The molecule has 0 aromatic rings. The third-order valence-electron chi connectivity index (χ3n) is 0.627. The topological polar surface area (TPSA) is 57.4 Å². The average Bonchev–Trinajstić information content (AvgIpc) is 1.90. The van der Waals surface area contributed by atoms with E-state index in [4.69, 9.17) is 5.26 Å². The van der Waals surface area contributed by atoms with Gasteiger partial charge in [-0.15, -0.1) is 10.7 Å². The normalized spacial score (nSPS) is 15.1. The average molecular weight is 109 g/mol. The fourth-order valence-electron chi connectivity index (χ4n) is 0.304. The third kappa shape index (κ3) is 0.763. The number of allylic oxidation sites excluding steroid dienone is 1. The molecular weight excluding hydrogens is 106 g/mol. The third-order valence-corrected chi connectivity index (χ3v) is 0.627. The van der Waals surface area contributed by atoms with Crippen molar-refractivity contribution in [1.82, 2.24) is 5.59 Å². The van der Waals surface area contributed by atoms with Gasteiger partial charge >= 0.3 is 0 Å². The van der Waals surface area contributed by atoms with Crippen LogP contribution < -0.4 is 5.59 Å². The van der Waals surface area contributed by atoms with Crippen LogP contribution in [0.1, 0.15) is 0 Å². The molecule has 8 heavy (non-hydrogen) atoms. The number of nitriles is 1. The lowest BCUT2D eigenvalue weighted by atomic mass is 10.4. The first-order valence-corrected chi connectivity index (χ1v) is 1.98. The van der Waals surface area contributed by atoms with Gasteiger partial charge in [0.1, 0.15) is 12.3 Å². The molecule has 0 saturated heterocycles. The molecule has 0 atom stereocenters. The van der Waals surface area contributed by atoms with Crippen LogP contribution >= 0.6 is 0 Å². The van der Waals surface area contributed by atoms with Crippen LogP contribution in [0, 0.1) is 11.3 Å². The first-order valence-electron chi connectivity index (χ1n) is 1.98.